The summed E-state index contributed by atoms with van der Waals surface area (Å²) in [4.78, 5) is 5.52. The van der Waals surface area contributed by atoms with Crippen LogP contribution in [0.15, 0.2) is 30.6 Å². The molecule has 0 aliphatic rings. The van der Waals surface area contributed by atoms with Crippen LogP contribution in [0.1, 0.15) is 5.56 Å². The molecule has 0 aliphatic carbocycles. The number of aromatic nitrogens is 4. The van der Waals surface area contributed by atoms with Crippen LogP contribution in [0.5, 0.6) is 0 Å². The van der Waals surface area contributed by atoms with Gasteiger partial charge in [-0.3, -0.25) is 5.10 Å². The number of aromatic amines is 2. The van der Waals surface area contributed by atoms with Crippen LogP contribution in [0.3, 0.4) is 0 Å². The molecule has 2 N–H and O–H groups in total. The maximum absolute atomic E-state index is 4.06. The Kier molecular flexibility index (Phi) is 3.05. The van der Waals surface area contributed by atoms with Gasteiger partial charge in [0.15, 0.2) is 0 Å². The van der Waals surface area contributed by atoms with Crippen LogP contribution in [-0.2, 0) is 6.42 Å². The molecule has 0 radical (unpaired) electrons. The summed E-state index contributed by atoms with van der Waals surface area (Å²) in [5.74, 6) is 0. The number of nitrogens with zero attached hydrogens (tertiary/aromatic N) is 3. The van der Waals surface area contributed by atoms with Crippen molar-refractivity contribution in [3.05, 3.63) is 36.2 Å². The highest BCUT2D eigenvalue weighted by molar-refractivity contribution is 5.87. The summed E-state index contributed by atoms with van der Waals surface area (Å²) in [7, 11) is 4.19. The molecule has 5 nitrogen and oxygen atoms in total. The minimum Gasteiger partial charge on any atom is -0.361 e. The van der Waals surface area contributed by atoms with Crippen LogP contribution in [0.2, 0.25) is 0 Å². The van der Waals surface area contributed by atoms with E-state index in [0.29, 0.717) is 0 Å². The van der Waals surface area contributed by atoms with Crippen molar-refractivity contribution in [3.63, 3.8) is 0 Å². The third-order valence-electron chi connectivity index (χ3n) is 3.31. The van der Waals surface area contributed by atoms with Crippen molar-refractivity contribution < 1.29 is 0 Å². The van der Waals surface area contributed by atoms with E-state index in [9.17, 15) is 0 Å². The van der Waals surface area contributed by atoms with Gasteiger partial charge in [0.1, 0.15) is 5.69 Å². The van der Waals surface area contributed by atoms with Crippen molar-refractivity contribution in [2.45, 2.75) is 6.42 Å². The molecule has 0 atom stereocenters. The highest BCUT2D eigenvalue weighted by Gasteiger charge is 2.07. The topological polar surface area (TPSA) is 60.6 Å². The zero-order valence-corrected chi connectivity index (χ0v) is 11.1. The standard InChI is InChI=1S/C14H17N5/c1-19(2)6-5-11-8-15-13-4-3-10(7-12(11)13)14-9-16-18-17-14/h3-4,7-9,15H,5-6H2,1-2H3,(H,16,17,18). The lowest BCUT2D eigenvalue weighted by molar-refractivity contribution is 0.414. The van der Waals surface area contributed by atoms with Crippen molar-refractivity contribution in [2.24, 2.45) is 0 Å². The van der Waals surface area contributed by atoms with Gasteiger partial charge in [-0.25, -0.2) is 0 Å². The molecule has 0 aliphatic heterocycles. The van der Waals surface area contributed by atoms with E-state index in [4.69, 9.17) is 0 Å². The lowest BCUT2D eigenvalue weighted by Crippen LogP contribution is -2.14. The Morgan fingerprint density at radius 2 is 2.11 bits per heavy atom. The normalized spacial score (nSPS) is 11.5. The Hall–Kier alpha value is -2.14. The first-order chi connectivity index (χ1) is 9.24. The second-order valence-electron chi connectivity index (χ2n) is 4.99. The summed E-state index contributed by atoms with van der Waals surface area (Å²) in [6, 6.07) is 6.33. The second kappa shape index (κ2) is 4.85. The summed E-state index contributed by atoms with van der Waals surface area (Å²) in [5, 5.41) is 11.8. The number of likely N-dealkylation sites (N-methyl/N-ethyl adjacent to an activating group) is 1. The number of hydrogen-bond acceptors (Lipinski definition) is 3. The molecule has 0 saturated heterocycles. The Balaban J connectivity index is 1.98. The molecule has 2 aromatic heterocycles. The van der Waals surface area contributed by atoms with Crippen LogP contribution < -0.4 is 0 Å². The fraction of sp³-hybridized carbons (Fsp3) is 0.286. The molecule has 98 valence electrons. The van der Waals surface area contributed by atoms with E-state index < -0.39 is 0 Å². The predicted octanol–water partition coefficient (Wildman–Crippen LogP) is 2.06. The minimum absolute atomic E-state index is 0.877. The lowest BCUT2D eigenvalue weighted by Gasteiger charge is -2.08. The molecule has 5 heteroatoms. The Labute approximate surface area is 111 Å². The molecule has 0 bridgehead atoms. The van der Waals surface area contributed by atoms with Crippen LogP contribution in [0.4, 0.5) is 0 Å². The molecule has 2 heterocycles. The number of hydrogen-bond donors (Lipinski definition) is 2. The second-order valence-corrected chi connectivity index (χ2v) is 4.99. The third-order valence-corrected chi connectivity index (χ3v) is 3.31. The number of H-pyrrole nitrogens is 2. The van der Waals surface area contributed by atoms with Crippen LogP contribution >= 0.6 is 0 Å². The van der Waals surface area contributed by atoms with Gasteiger partial charge in [-0.05, 0) is 38.2 Å². The van der Waals surface area contributed by atoms with Crippen molar-refractivity contribution in [3.8, 4) is 11.3 Å². The molecular weight excluding hydrogens is 238 g/mol. The van der Waals surface area contributed by atoms with Gasteiger partial charge < -0.3 is 9.88 Å². The summed E-state index contributed by atoms with van der Waals surface area (Å²) >= 11 is 0. The maximum atomic E-state index is 4.06. The van der Waals surface area contributed by atoms with Crippen LogP contribution in [0, 0.1) is 0 Å². The summed E-state index contributed by atoms with van der Waals surface area (Å²) in [6.07, 6.45) is 4.95. The Morgan fingerprint density at radius 3 is 2.84 bits per heavy atom. The SMILES string of the molecule is CN(C)CCc1c[nH]c2ccc(-c3c[nH]nn3)cc12. The zero-order valence-electron chi connectivity index (χ0n) is 11.1. The van der Waals surface area contributed by atoms with E-state index in [2.05, 4.69) is 63.8 Å². The minimum atomic E-state index is 0.877. The molecule has 3 rings (SSSR count). The molecule has 3 aromatic rings. The smallest absolute Gasteiger partial charge is 0.112 e. The quantitative estimate of drug-likeness (QED) is 0.750. The van der Waals surface area contributed by atoms with Crippen molar-refractivity contribution in [1.82, 2.24) is 25.3 Å². The monoisotopic (exact) mass is 255 g/mol. The molecule has 0 saturated carbocycles. The van der Waals surface area contributed by atoms with Gasteiger partial charge in [0.2, 0.25) is 0 Å². The van der Waals surface area contributed by atoms with Crippen LogP contribution in [0.25, 0.3) is 22.2 Å². The van der Waals surface area contributed by atoms with Crippen molar-refractivity contribution >= 4 is 10.9 Å². The highest BCUT2D eigenvalue weighted by atomic mass is 15.3. The fourth-order valence-corrected chi connectivity index (χ4v) is 2.23. The number of rotatable bonds is 4. The lowest BCUT2D eigenvalue weighted by atomic mass is 10.1. The average Bonchev–Trinajstić information content (AvgIpc) is 3.05. The van der Waals surface area contributed by atoms with E-state index in [0.717, 1.165) is 24.2 Å². The number of fused-ring (bicyclic) bond motifs is 1. The molecule has 0 unspecified atom stereocenters. The maximum Gasteiger partial charge on any atom is 0.112 e. The van der Waals surface area contributed by atoms with Gasteiger partial charge >= 0.3 is 0 Å². The van der Waals surface area contributed by atoms with Gasteiger partial charge in [0, 0.05) is 35.4 Å². The molecule has 0 spiro atoms. The van der Waals surface area contributed by atoms with Gasteiger partial charge in [0.05, 0.1) is 0 Å². The van der Waals surface area contributed by atoms with Crippen molar-refractivity contribution in [1.29, 1.82) is 0 Å². The zero-order chi connectivity index (χ0) is 13.2. The highest BCUT2D eigenvalue weighted by Crippen LogP contribution is 2.25. The molecule has 1 aromatic carbocycles. The number of benzene rings is 1. The average molecular weight is 255 g/mol. The molecular formula is C14H17N5. The largest absolute Gasteiger partial charge is 0.361 e. The first-order valence-corrected chi connectivity index (χ1v) is 6.35. The van der Waals surface area contributed by atoms with Gasteiger partial charge in [-0.15, -0.1) is 5.10 Å². The van der Waals surface area contributed by atoms with E-state index in [1.54, 1.807) is 0 Å². The third kappa shape index (κ3) is 2.37. The van der Waals surface area contributed by atoms with Crippen molar-refractivity contribution in [2.75, 3.05) is 20.6 Å². The first kappa shape index (κ1) is 11.9. The molecule has 0 amide bonds. The molecule has 19 heavy (non-hydrogen) atoms. The van der Waals surface area contributed by atoms with E-state index >= 15 is 0 Å². The Morgan fingerprint density at radius 1 is 1.21 bits per heavy atom. The van der Waals surface area contributed by atoms with Gasteiger partial charge in [-0.2, -0.15) is 0 Å². The van der Waals surface area contributed by atoms with Crippen LogP contribution in [-0.4, -0.2) is 45.9 Å². The summed E-state index contributed by atoms with van der Waals surface area (Å²) in [6.45, 7) is 1.04. The fourth-order valence-electron chi connectivity index (χ4n) is 2.23. The van der Waals surface area contributed by atoms with E-state index in [1.807, 2.05) is 6.20 Å². The Bertz CT molecular complexity index is 666. The predicted molar refractivity (Wildman–Crippen MR) is 75.9 cm³/mol. The van der Waals surface area contributed by atoms with Gasteiger partial charge in [-0.1, -0.05) is 11.3 Å². The summed E-state index contributed by atoms with van der Waals surface area (Å²) in [5.41, 5.74) is 4.48. The molecule has 0 fully saturated rings. The summed E-state index contributed by atoms with van der Waals surface area (Å²) < 4.78 is 0. The van der Waals surface area contributed by atoms with Gasteiger partial charge in [0.25, 0.3) is 0 Å². The van der Waals surface area contributed by atoms with E-state index in [1.165, 1.54) is 16.5 Å². The number of nitrogens with one attached hydrogen (secondary N) is 2. The van der Waals surface area contributed by atoms with E-state index in [-0.39, 0.29) is 0 Å². The first-order valence-electron chi connectivity index (χ1n) is 6.35.